The molecule has 3 N–H and O–H groups in total. The molecule has 3 atom stereocenters. The predicted molar refractivity (Wildman–Crippen MR) is 137 cm³/mol. The van der Waals surface area contributed by atoms with Crippen molar-refractivity contribution in [3.05, 3.63) is 84.3 Å². The van der Waals surface area contributed by atoms with Crippen LogP contribution in [0.2, 0.25) is 0 Å². The number of nitrogens with zero attached hydrogens (tertiary/aromatic N) is 4. The summed E-state index contributed by atoms with van der Waals surface area (Å²) in [4.78, 5) is 50.8. The molecule has 1 aliphatic rings. The van der Waals surface area contributed by atoms with Crippen LogP contribution < -0.4 is 16.0 Å². The number of likely N-dealkylation sites (tertiary alicyclic amines) is 1. The van der Waals surface area contributed by atoms with Crippen LogP contribution in [-0.4, -0.2) is 45.8 Å². The molecule has 4 rings (SSSR count). The number of carbonyl (C=O) groups excluding carboxylic acids is 3. The second-order valence-corrected chi connectivity index (χ2v) is 8.86. The van der Waals surface area contributed by atoms with E-state index in [1.54, 1.807) is 49.9 Å². The molecule has 0 spiro atoms. The van der Waals surface area contributed by atoms with Gasteiger partial charge in [-0.2, -0.15) is 0 Å². The van der Waals surface area contributed by atoms with Crippen LogP contribution in [0.15, 0.2) is 73.2 Å². The Kier molecular flexibility index (Phi) is 7.58. The van der Waals surface area contributed by atoms with E-state index in [-0.39, 0.29) is 18.4 Å². The number of imide groups is 1. The number of nitrogen functional groups attached to an aromatic ring is 1. The average Bonchev–Trinajstić information content (AvgIpc) is 2.90. The van der Waals surface area contributed by atoms with Gasteiger partial charge in [-0.25, -0.2) is 9.78 Å². The minimum absolute atomic E-state index is 0.271. The molecule has 0 aliphatic carbocycles. The molecule has 1 fully saturated rings. The summed E-state index contributed by atoms with van der Waals surface area (Å²) >= 11 is 0. The Morgan fingerprint density at radius 1 is 1.11 bits per heavy atom. The number of rotatable bonds is 8. The highest BCUT2D eigenvalue weighted by Crippen LogP contribution is 2.33. The summed E-state index contributed by atoms with van der Waals surface area (Å²) in [6, 6.07) is 14.6. The third-order valence-electron chi connectivity index (χ3n) is 6.44. The van der Waals surface area contributed by atoms with E-state index in [0.29, 0.717) is 17.9 Å². The number of hydrogen-bond donors (Lipinski definition) is 2. The number of benzene rings is 1. The minimum atomic E-state index is -0.955. The second-order valence-electron chi connectivity index (χ2n) is 8.86. The van der Waals surface area contributed by atoms with Crippen LogP contribution >= 0.6 is 0 Å². The Labute approximate surface area is 210 Å². The van der Waals surface area contributed by atoms with Gasteiger partial charge < -0.3 is 16.0 Å². The lowest BCUT2D eigenvalue weighted by molar-refractivity contribution is -0.156. The Hall–Kier alpha value is -4.27. The average molecular weight is 487 g/mol. The zero-order valence-corrected chi connectivity index (χ0v) is 20.4. The summed E-state index contributed by atoms with van der Waals surface area (Å²) in [6.07, 6.45) is 6.55. The van der Waals surface area contributed by atoms with Crippen LogP contribution in [0.4, 0.5) is 16.3 Å². The van der Waals surface area contributed by atoms with Gasteiger partial charge in [0.2, 0.25) is 5.91 Å². The lowest BCUT2D eigenvalue weighted by atomic mass is 9.81. The standard InChI is InChI=1S/C27H30N6O3/c1-3-7-22(19-8-5-4-6-9-19)31-27(36)33-24(26(35)32(2)20-11-13-29-14-12-20)21(25(33)34)16-18-10-15-30-23(28)17-18/h4-6,8-15,17,21-22,24H,3,7,16H2,1-2H3,(H2,28,30)(H,31,36)/t21-,22-,24+/m1/s1. The van der Waals surface area contributed by atoms with Gasteiger partial charge in [-0.05, 0) is 48.2 Å². The molecular formula is C27H30N6O3. The van der Waals surface area contributed by atoms with Crippen LogP contribution in [0.1, 0.15) is 36.9 Å². The van der Waals surface area contributed by atoms with E-state index < -0.39 is 23.9 Å². The van der Waals surface area contributed by atoms with Crippen molar-refractivity contribution in [3.8, 4) is 0 Å². The first-order chi connectivity index (χ1) is 17.4. The predicted octanol–water partition coefficient (Wildman–Crippen LogP) is 3.34. The van der Waals surface area contributed by atoms with Crippen molar-refractivity contribution in [2.24, 2.45) is 5.92 Å². The summed E-state index contributed by atoms with van der Waals surface area (Å²) in [5, 5.41) is 2.98. The maximum absolute atomic E-state index is 13.6. The van der Waals surface area contributed by atoms with E-state index in [1.165, 1.54) is 4.90 Å². The van der Waals surface area contributed by atoms with Crippen LogP contribution in [0.5, 0.6) is 0 Å². The first kappa shape index (κ1) is 24.8. The zero-order chi connectivity index (χ0) is 25.7. The van der Waals surface area contributed by atoms with Crippen molar-refractivity contribution in [1.82, 2.24) is 20.2 Å². The van der Waals surface area contributed by atoms with E-state index >= 15 is 0 Å². The molecule has 0 bridgehead atoms. The van der Waals surface area contributed by atoms with Crippen LogP contribution in [0, 0.1) is 5.92 Å². The van der Waals surface area contributed by atoms with Gasteiger partial charge in [0.25, 0.3) is 5.91 Å². The van der Waals surface area contributed by atoms with Crippen molar-refractivity contribution in [2.75, 3.05) is 17.7 Å². The molecule has 0 unspecified atom stereocenters. The minimum Gasteiger partial charge on any atom is -0.384 e. The summed E-state index contributed by atoms with van der Waals surface area (Å²) < 4.78 is 0. The number of urea groups is 1. The molecule has 36 heavy (non-hydrogen) atoms. The van der Waals surface area contributed by atoms with Crippen LogP contribution in [0.25, 0.3) is 0 Å². The zero-order valence-electron chi connectivity index (χ0n) is 20.4. The number of nitrogens with one attached hydrogen (secondary N) is 1. The SMILES string of the molecule is CCC[C@@H](NC(=O)N1C(=O)[C@H](Cc2ccnc(N)c2)[C@H]1C(=O)N(C)c1ccncc1)c1ccccc1. The molecule has 3 aromatic rings. The van der Waals surface area contributed by atoms with E-state index in [0.717, 1.165) is 22.4 Å². The highest BCUT2D eigenvalue weighted by Gasteiger charge is 2.55. The molecule has 2 aromatic heterocycles. The van der Waals surface area contributed by atoms with E-state index in [2.05, 4.69) is 15.3 Å². The normalized spacial score (nSPS) is 17.7. The largest absolute Gasteiger partial charge is 0.384 e. The molecule has 4 amide bonds. The van der Waals surface area contributed by atoms with Gasteiger partial charge in [-0.15, -0.1) is 0 Å². The second kappa shape index (κ2) is 11.0. The number of likely N-dealkylation sites (N-methyl/N-ethyl adjacent to an activating group) is 1. The van der Waals surface area contributed by atoms with Crippen molar-refractivity contribution in [1.29, 1.82) is 0 Å². The van der Waals surface area contributed by atoms with Crippen LogP contribution in [0.3, 0.4) is 0 Å². The fourth-order valence-corrected chi connectivity index (χ4v) is 4.54. The van der Waals surface area contributed by atoms with Gasteiger partial charge in [0.05, 0.1) is 12.0 Å². The molecule has 1 aliphatic heterocycles. The van der Waals surface area contributed by atoms with Gasteiger partial charge in [0.15, 0.2) is 0 Å². The number of β-lactam (4-membered cyclic amide) rings is 1. The van der Waals surface area contributed by atoms with E-state index in [4.69, 9.17) is 5.73 Å². The number of carbonyl (C=O) groups is 3. The number of anilines is 2. The Bertz CT molecular complexity index is 1220. The number of aromatic nitrogens is 2. The van der Waals surface area contributed by atoms with Gasteiger partial charge in [-0.3, -0.25) is 19.5 Å². The monoisotopic (exact) mass is 486 g/mol. The van der Waals surface area contributed by atoms with Gasteiger partial charge >= 0.3 is 6.03 Å². The maximum Gasteiger partial charge on any atom is 0.325 e. The Morgan fingerprint density at radius 2 is 1.83 bits per heavy atom. The van der Waals surface area contributed by atoms with Gasteiger partial charge in [0, 0.05) is 31.3 Å². The highest BCUT2D eigenvalue weighted by atomic mass is 16.2. The summed E-state index contributed by atoms with van der Waals surface area (Å²) in [5.74, 6) is -1.12. The first-order valence-corrected chi connectivity index (χ1v) is 12.0. The number of amides is 4. The van der Waals surface area contributed by atoms with Gasteiger partial charge in [0.1, 0.15) is 11.9 Å². The van der Waals surface area contributed by atoms with Crippen molar-refractivity contribution in [2.45, 2.75) is 38.3 Å². The van der Waals surface area contributed by atoms with Crippen LogP contribution in [-0.2, 0) is 16.0 Å². The smallest absolute Gasteiger partial charge is 0.325 e. The molecule has 1 saturated heterocycles. The van der Waals surface area contributed by atoms with Crippen molar-refractivity contribution in [3.63, 3.8) is 0 Å². The molecule has 9 heteroatoms. The fraction of sp³-hybridized carbons (Fsp3) is 0.296. The Morgan fingerprint density at radius 3 is 2.50 bits per heavy atom. The molecule has 0 saturated carbocycles. The molecule has 9 nitrogen and oxygen atoms in total. The number of pyridine rings is 2. The molecule has 3 heterocycles. The molecule has 1 aromatic carbocycles. The lowest BCUT2D eigenvalue weighted by Crippen LogP contribution is -2.70. The first-order valence-electron chi connectivity index (χ1n) is 12.0. The fourth-order valence-electron chi connectivity index (χ4n) is 4.54. The molecule has 186 valence electrons. The number of nitrogens with two attached hydrogens (primary N) is 1. The lowest BCUT2D eigenvalue weighted by Gasteiger charge is -2.46. The van der Waals surface area contributed by atoms with Crippen molar-refractivity contribution >= 4 is 29.4 Å². The van der Waals surface area contributed by atoms with E-state index in [1.807, 2.05) is 37.3 Å². The summed E-state index contributed by atoms with van der Waals surface area (Å²) in [6.45, 7) is 2.03. The third kappa shape index (κ3) is 5.19. The summed E-state index contributed by atoms with van der Waals surface area (Å²) in [7, 11) is 1.63. The third-order valence-corrected chi connectivity index (χ3v) is 6.44. The summed E-state index contributed by atoms with van der Waals surface area (Å²) in [5.41, 5.74) is 8.15. The topological polar surface area (TPSA) is 122 Å². The molecular weight excluding hydrogens is 456 g/mol. The maximum atomic E-state index is 13.6. The number of hydrogen-bond acceptors (Lipinski definition) is 6. The molecule has 0 radical (unpaired) electrons. The van der Waals surface area contributed by atoms with E-state index in [9.17, 15) is 14.4 Å². The van der Waals surface area contributed by atoms with Crippen molar-refractivity contribution < 1.29 is 14.4 Å². The highest BCUT2D eigenvalue weighted by molar-refractivity contribution is 6.12. The quantitative estimate of drug-likeness (QED) is 0.471. The Balaban J connectivity index is 1.60. The van der Waals surface area contributed by atoms with Gasteiger partial charge in [-0.1, -0.05) is 43.7 Å².